The average molecular weight is 476 g/mol. The number of carbonyl (C=O) groups is 1. The summed E-state index contributed by atoms with van der Waals surface area (Å²) in [6.07, 6.45) is 6.58. The first-order valence-corrected chi connectivity index (χ1v) is 12.8. The van der Waals surface area contributed by atoms with E-state index in [0.29, 0.717) is 16.1 Å². The highest BCUT2D eigenvalue weighted by Gasteiger charge is 2.20. The number of nitrogens with one attached hydrogen (secondary N) is 2. The van der Waals surface area contributed by atoms with Gasteiger partial charge in [0.05, 0.1) is 21.6 Å². The van der Waals surface area contributed by atoms with Crippen molar-refractivity contribution < 1.29 is 13.2 Å². The van der Waals surface area contributed by atoms with Gasteiger partial charge in [-0.15, -0.1) is 0 Å². The van der Waals surface area contributed by atoms with Crippen molar-refractivity contribution >= 4 is 32.5 Å². The summed E-state index contributed by atoms with van der Waals surface area (Å²) in [5.74, 6) is -0.262. The van der Waals surface area contributed by atoms with Gasteiger partial charge in [0.25, 0.3) is 5.91 Å². The Morgan fingerprint density at radius 2 is 1.76 bits per heavy atom. The van der Waals surface area contributed by atoms with Gasteiger partial charge in [-0.1, -0.05) is 18.2 Å². The smallest absolute Gasteiger partial charge is 0.253 e. The molecule has 3 heterocycles. The van der Waals surface area contributed by atoms with E-state index in [9.17, 15) is 13.2 Å². The number of benzene rings is 2. The van der Waals surface area contributed by atoms with Gasteiger partial charge < -0.3 is 10.2 Å². The fourth-order valence-electron chi connectivity index (χ4n) is 4.17. The minimum Gasteiger partial charge on any atom is -0.372 e. The summed E-state index contributed by atoms with van der Waals surface area (Å²) in [5.41, 5.74) is 2.80. The van der Waals surface area contributed by atoms with Crippen LogP contribution in [-0.4, -0.2) is 42.6 Å². The van der Waals surface area contributed by atoms with E-state index in [1.165, 1.54) is 12.6 Å². The molecule has 2 aromatic carbocycles. The Morgan fingerprint density at radius 3 is 2.56 bits per heavy atom. The molecule has 0 atom stereocenters. The van der Waals surface area contributed by atoms with Crippen molar-refractivity contribution in [3.63, 3.8) is 0 Å². The van der Waals surface area contributed by atoms with Gasteiger partial charge in [-0.3, -0.25) is 9.89 Å². The topological polar surface area (TPSA) is 108 Å². The molecule has 9 heteroatoms. The zero-order valence-electron chi connectivity index (χ0n) is 18.6. The zero-order valence-corrected chi connectivity index (χ0v) is 19.4. The summed E-state index contributed by atoms with van der Waals surface area (Å²) >= 11 is 0. The van der Waals surface area contributed by atoms with E-state index in [4.69, 9.17) is 0 Å². The standard InChI is InChI=1S/C25H25N5O3S/c31-25(20-13-19-17-28-29-24(19)26-16-20)27-15-18-7-9-22(10-8-18)34(32,33)23-6-4-5-21(14-23)30-11-2-1-3-12-30/h4-10,13-14,16-17H,1-3,11-12,15H2,(H,27,31)(H,26,28,29). The summed E-state index contributed by atoms with van der Waals surface area (Å²) in [7, 11) is -3.64. The van der Waals surface area contributed by atoms with Crippen molar-refractivity contribution in [2.45, 2.75) is 35.6 Å². The van der Waals surface area contributed by atoms with Crippen molar-refractivity contribution in [1.82, 2.24) is 20.5 Å². The van der Waals surface area contributed by atoms with E-state index < -0.39 is 9.84 Å². The third-order valence-corrected chi connectivity index (χ3v) is 7.86. The van der Waals surface area contributed by atoms with Crippen LogP contribution in [0, 0.1) is 0 Å². The fraction of sp³-hybridized carbons (Fsp3) is 0.240. The highest BCUT2D eigenvalue weighted by atomic mass is 32.2. The van der Waals surface area contributed by atoms with Crippen molar-refractivity contribution in [2.24, 2.45) is 0 Å². The molecule has 0 unspecified atom stereocenters. The molecule has 1 amide bonds. The lowest BCUT2D eigenvalue weighted by Crippen LogP contribution is -2.29. The Kier molecular flexibility index (Phi) is 6.02. The van der Waals surface area contributed by atoms with E-state index in [-0.39, 0.29) is 17.3 Å². The van der Waals surface area contributed by atoms with Crippen LogP contribution < -0.4 is 10.2 Å². The number of rotatable bonds is 6. The molecule has 4 aromatic rings. The molecule has 0 radical (unpaired) electrons. The van der Waals surface area contributed by atoms with Gasteiger partial charge in [0.15, 0.2) is 5.65 Å². The lowest BCUT2D eigenvalue weighted by atomic mass is 10.1. The molecule has 2 N–H and O–H groups in total. The second-order valence-electron chi connectivity index (χ2n) is 8.41. The summed E-state index contributed by atoms with van der Waals surface area (Å²) in [4.78, 5) is 19.4. The lowest BCUT2D eigenvalue weighted by molar-refractivity contribution is 0.0950. The summed E-state index contributed by atoms with van der Waals surface area (Å²) in [6, 6.07) is 15.5. The minimum absolute atomic E-state index is 0.230. The van der Waals surface area contributed by atoms with E-state index >= 15 is 0 Å². The van der Waals surface area contributed by atoms with Crippen LogP contribution in [0.4, 0.5) is 5.69 Å². The van der Waals surface area contributed by atoms with Crippen LogP contribution in [0.5, 0.6) is 0 Å². The van der Waals surface area contributed by atoms with Gasteiger partial charge in [0.1, 0.15) is 0 Å². The van der Waals surface area contributed by atoms with E-state index in [2.05, 4.69) is 25.4 Å². The molecule has 0 saturated carbocycles. The van der Waals surface area contributed by atoms with E-state index in [1.807, 2.05) is 6.07 Å². The first kappa shape index (κ1) is 22.1. The van der Waals surface area contributed by atoms with Crippen LogP contribution in [0.3, 0.4) is 0 Å². The molecule has 0 spiro atoms. The Bertz CT molecular complexity index is 1420. The molecular formula is C25H25N5O3S. The van der Waals surface area contributed by atoms with Gasteiger partial charge in [0, 0.05) is 36.9 Å². The Balaban J connectivity index is 1.27. The van der Waals surface area contributed by atoms with E-state index in [1.54, 1.807) is 54.7 Å². The van der Waals surface area contributed by atoms with Crippen LogP contribution in [0.25, 0.3) is 11.0 Å². The first-order chi connectivity index (χ1) is 16.5. The molecule has 1 aliphatic rings. The number of fused-ring (bicyclic) bond motifs is 1. The molecule has 1 fully saturated rings. The number of anilines is 1. The highest BCUT2D eigenvalue weighted by Crippen LogP contribution is 2.27. The Hall–Kier alpha value is -3.72. The molecule has 174 valence electrons. The highest BCUT2D eigenvalue weighted by molar-refractivity contribution is 7.91. The van der Waals surface area contributed by atoms with Crippen LogP contribution in [0.15, 0.2) is 76.8 Å². The Morgan fingerprint density at radius 1 is 0.971 bits per heavy atom. The maximum atomic E-state index is 13.2. The third kappa shape index (κ3) is 4.51. The third-order valence-electron chi connectivity index (χ3n) is 6.09. The fourth-order valence-corrected chi connectivity index (χ4v) is 5.47. The van der Waals surface area contributed by atoms with Crippen molar-refractivity contribution in [3.05, 3.63) is 78.1 Å². The predicted molar refractivity (Wildman–Crippen MR) is 129 cm³/mol. The molecule has 0 bridgehead atoms. The van der Waals surface area contributed by atoms with Gasteiger partial charge in [-0.2, -0.15) is 5.10 Å². The number of H-pyrrole nitrogens is 1. The van der Waals surface area contributed by atoms with Crippen LogP contribution >= 0.6 is 0 Å². The zero-order chi connectivity index (χ0) is 23.5. The number of aromatic nitrogens is 3. The second kappa shape index (κ2) is 9.26. The van der Waals surface area contributed by atoms with Crippen molar-refractivity contribution in [3.8, 4) is 0 Å². The number of nitrogens with zero attached hydrogens (tertiary/aromatic N) is 3. The molecule has 34 heavy (non-hydrogen) atoms. The average Bonchev–Trinajstić information content (AvgIpc) is 3.36. The number of sulfone groups is 1. The number of pyridine rings is 1. The largest absolute Gasteiger partial charge is 0.372 e. The summed E-state index contributed by atoms with van der Waals surface area (Å²) in [6.45, 7) is 2.18. The number of amides is 1. The van der Waals surface area contributed by atoms with Crippen LogP contribution in [0.1, 0.15) is 35.2 Å². The van der Waals surface area contributed by atoms with Gasteiger partial charge in [-0.05, 0) is 61.2 Å². The van der Waals surface area contributed by atoms with Gasteiger partial charge in [0.2, 0.25) is 9.84 Å². The molecule has 5 rings (SSSR count). The SMILES string of the molecule is O=C(NCc1ccc(S(=O)(=O)c2cccc(N3CCCCC3)c2)cc1)c1cnc2[nH]ncc2c1. The first-order valence-electron chi connectivity index (χ1n) is 11.3. The van der Waals surface area contributed by atoms with Gasteiger partial charge in [-0.25, -0.2) is 13.4 Å². The van der Waals surface area contributed by atoms with Crippen LogP contribution in [0.2, 0.25) is 0 Å². The monoisotopic (exact) mass is 475 g/mol. The number of aromatic amines is 1. The molecule has 2 aromatic heterocycles. The Labute approximate surface area is 197 Å². The second-order valence-corrected chi connectivity index (χ2v) is 10.4. The molecule has 1 aliphatic heterocycles. The lowest BCUT2D eigenvalue weighted by Gasteiger charge is -2.29. The van der Waals surface area contributed by atoms with Crippen LogP contribution in [-0.2, 0) is 16.4 Å². The molecule has 8 nitrogen and oxygen atoms in total. The molecule has 0 aliphatic carbocycles. The molecular weight excluding hydrogens is 450 g/mol. The van der Waals surface area contributed by atoms with Gasteiger partial charge >= 0.3 is 0 Å². The minimum atomic E-state index is -3.64. The maximum absolute atomic E-state index is 13.2. The number of carbonyl (C=O) groups excluding carboxylic acids is 1. The van der Waals surface area contributed by atoms with Crippen molar-refractivity contribution in [1.29, 1.82) is 0 Å². The normalized spacial score (nSPS) is 14.3. The number of hydrogen-bond acceptors (Lipinski definition) is 6. The molecule has 1 saturated heterocycles. The quantitative estimate of drug-likeness (QED) is 0.440. The predicted octanol–water partition coefficient (Wildman–Crippen LogP) is 3.71. The van der Waals surface area contributed by atoms with E-state index in [0.717, 1.165) is 42.6 Å². The number of hydrogen-bond donors (Lipinski definition) is 2. The summed E-state index contributed by atoms with van der Waals surface area (Å²) in [5, 5.41) is 10.2. The number of piperidine rings is 1. The maximum Gasteiger partial charge on any atom is 0.253 e. The van der Waals surface area contributed by atoms with Crippen molar-refractivity contribution in [2.75, 3.05) is 18.0 Å². The summed E-state index contributed by atoms with van der Waals surface area (Å²) < 4.78 is 26.4.